The Hall–Kier alpha value is -5.40. The van der Waals surface area contributed by atoms with Crippen LogP contribution in [0.4, 0.5) is 24.8 Å². The summed E-state index contributed by atoms with van der Waals surface area (Å²) in [6.07, 6.45) is 3.70. The largest absolute Gasteiger partial charge is 0.416 e. The molecule has 1 atom stereocenters. The smallest absolute Gasteiger partial charge is 0.382 e. The second-order valence-electron chi connectivity index (χ2n) is 10.3. The Morgan fingerprint density at radius 3 is 2.50 bits per heavy atom. The Morgan fingerprint density at radius 1 is 0.977 bits per heavy atom. The number of hydrogen-bond donors (Lipinski definition) is 2. The van der Waals surface area contributed by atoms with Gasteiger partial charge in [0.15, 0.2) is 0 Å². The van der Waals surface area contributed by atoms with Gasteiger partial charge in [-0.2, -0.15) is 13.2 Å². The summed E-state index contributed by atoms with van der Waals surface area (Å²) in [6.45, 7) is 2.26. The zero-order valence-electron chi connectivity index (χ0n) is 23.4. The normalized spacial score (nSPS) is 15.4. The van der Waals surface area contributed by atoms with Gasteiger partial charge in [0.2, 0.25) is 0 Å². The number of aromatic nitrogens is 6. The van der Waals surface area contributed by atoms with Crippen molar-refractivity contribution in [2.45, 2.75) is 38.4 Å². The van der Waals surface area contributed by atoms with Crippen LogP contribution in [0.25, 0.3) is 16.8 Å². The minimum absolute atomic E-state index is 0.201. The first-order valence-corrected chi connectivity index (χ1v) is 13.8. The van der Waals surface area contributed by atoms with Crippen LogP contribution in [-0.4, -0.2) is 52.6 Å². The van der Waals surface area contributed by atoms with Gasteiger partial charge in [-0.15, -0.1) is 0 Å². The van der Waals surface area contributed by atoms with Crippen molar-refractivity contribution in [3.63, 3.8) is 0 Å². The summed E-state index contributed by atoms with van der Waals surface area (Å²) < 4.78 is 41.0. The number of likely N-dealkylation sites (tertiary alicyclic amines) is 1. The van der Waals surface area contributed by atoms with Gasteiger partial charge in [0.25, 0.3) is 11.8 Å². The number of nitrogens with zero attached hydrogens (tertiary/aromatic N) is 7. The minimum atomic E-state index is -4.57. The fourth-order valence-corrected chi connectivity index (χ4v) is 5.33. The summed E-state index contributed by atoms with van der Waals surface area (Å²) in [6, 6.07) is 9.23. The predicted molar refractivity (Wildman–Crippen MR) is 154 cm³/mol. The standard InChI is InChI=1S/C30H26F3N9O2/c1-17-35-12-10-21(38-17)29(44)41-14-3-2-4-22(41)27-40-24(25-26(34)37-13-15-42(25)27)18-5-7-19(8-6-18)28(43)39-23-16-20(9-11-36-23)30(31,32)33/h5-13,15-16,22H,2-4,14H2,1H3,(H2,34,37)(H,36,39,43)/t22-/m0/s1. The Balaban J connectivity index is 1.32. The van der Waals surface area contributed by atoms with Crippen molar-refractivity contribution in [2.75, 3.05) is 17.6 Å². The Kier molecular flexibility index (Phi) is 7.41. The third kappa shape index (κ3) is 5.53. The van der Waals surface area contributed by atoms with E-state index in [1.54, 1.807) is 48.6 Å². The number of carbonyl (C=O) groups is 2. The predicted octanol–water partition coefficient (Wildman–Crippen LogP) is 5.11. The number of benzene rings is 1. The lowest BCUT2D eigenvalue weighted by Crippen LogP contribution is -2.39. The van der Waals surface area contributed by atoms with Gasteiger partial charge in [0.1, 0.15) is 40.2 Å². The van der Waals surface area contributed by atoms with Crippen LogP contribution < -0.4 is 11.1 Å². The average molecular weight is 602 g/mol. The molecule has 11 nitrogen and oxygen atoms in total. The van der Waals surface area contributed by atoms with Crippen molar-refractivity contribution < 1.29 is 22.8 Å². The molecular weight excluding hydrogens is 575 g/mol. The van der Waals surface area contributed by atoms with Crippen molar-refractivity contribution in [1.82, 2.24) is 34.2 Å². The minimum Gasteiger partial charge on any atom is -0.382 e. The van der Waals surface area contributed by atoms with Crippen LogP contribution in [0.3, 0.4) is 0 Å². The number of fused-ring (bicyclic) bond motifs is 1. The molecule has 1 aliphatic heterocycles. The maximum atomic E-state index is 13.6. The molecule has 0 radical (unpaired) electrons. The van der Waals surface area contributed by atoms with Crippen molar-refractivity contribution >= 4 is 29.0 Å². The second-order valence-corrected chi connectivity index (χ2v) is 10.3. The molecule has 14 heteroatoms. The van der Waals surface area contributed by atoms with Gasteiger partial charge in [-0.1, -0.05) is 12.1 Å². The highest BCUT2D eigenvalue weighted by Gasteiger charge is 2.34. The molecule has 6 rings (SSSR count). The number of halogens is 3. The second kappa shape index (κ2) is 11.4. The van der Waals surface area contributed by atoms with Crippen LogP contribution in [0, 0.1) is 6.92 Å². The number of imidazole rings is 1. The summed E-state index contributed by atoms with van der Waals surface area (Å²) in [5.74, 6) is 0.280. The highest BCUT2D eigenvalue weighted by molar-refractivity contribution is 6.04. The van der Waals surface area contributed by atoms with E-state index >= 15 is 0 Å². The molecule has 5 heterocycles. The molecule has 4 aromatic heterocycles. The maximum absolute atomic E-state index is 13.6. The quantitative estimate of drug-likeness (QED) is 0.283. The fourth-order valence-electron chi connectivity index (χ4n) is 5.33. The molecule has 1 aliphatic rings. The molecule has 0 saturated carbocycles. The number of nitrogens with one attached hydrogen (secondary N) is 1. The first-order chi connectivity index (χ1) is 21.1. The number of piperidine rings is 1. The molecule has 3 N–H and O–H groups in total. The van der Waals surface area contributed by atoms with E-state index in [2.05, 4.69) is 25.3 Å². The Labute approximate surface area is 249 Å². The summed E-state index contributed by atoms with van der Waals surface area (Å²) >= 11 is 0. The van der Waals surface area contributed by atoms with Gasteiger partial charge in [-0.3, -0.25) is 14.0 Å². The van der Waals surface area contributed by atoms with E-state index in [1.165, 1.54) is 12.1 Å². The van der Waals surface area contributed by atoms with Crippen molar-refractivity contribution in [3.8, 4) is 11.3 Å². The first kappa shape index (κ1) is 28.7. The van der Waals surface area contributed by atoms with Crippen molar-refractivity contribution in [3.05, 3.63) is 95.7 Å². The molecule has 1 fully saturated rings. The molecule has 2 amide bonds. The number of anilines is 2. The van der Waals surface area contributed by atoms with E-state index in [-0.39, 0.29) is 29.1 Å². The number of nitrogens with two attached hydrogens (primary N) is 1. The molecule has 0 bridgehead atoms. The number of nitrogen functional groups attached to an aromatic ring is 1. The van der Waals surface area contributed by atoms with E-state index in [0.29, 0.717) is 47.1 Å². The highest BCUT2D eigenvalue weighted by atomic mass is 19.4. The molecule has 44 heavy (non-hydrogen) atoms. The third-order valence-electron chi connectivity index (χ3n) is 7.42. The van der Waals surface area contributed by atoms with E-state index in [4.69, 9.17) is 10.7 Å². The van der Waals surface area contributed by atoms with Crippen LogP contribution in [0.5, 0.6) is 0 Å². The van der Waals surface area contributed by atoms with E-state index < -0.39 is 17.6 Å². The highest BCUT2D eigenvalue weighted by Crippen LogP contribution is 2.36. The molecular formula is C30H26F3N9O2. The zero-order valence-corrected chi connectivity index (χ0v) is 23.4. The molecule has 0 spiro atoms. The summed E-state index contributed by atoms with van der Waals surface area (Å²) in [4.78, 5) is 49.6. The van der Waals surface area contributed by atoms with Gasteiger partial charge >= 0.3 is 6.18 Å². The van der Waals surface area contributed by atoms with Gasteiger partial charge in [-0.05, 0) is 56.5 Å². The molecule has 0 unspecified atom stereocenters. The number of amides is 2. The van der Waals surface area contributed by atoms with Crippen LogP contribution in [0.15, 0.2) is 67.3 Å². The number of aryl methyl sites for hydroxylation is 1. The van der Waals surface area contributed by atoms with Crippen molar-refractivity contribution in [2.24, 2.45) is 0 Å². The molecule has 1 saturated heterocycles. The topological polar surface area (TPSA) is 144 Å². The molecule has 0 aliphatic carbocycles. The van der Waals surface area contributed by atoms with Crippen LogP contribution >= 0.6 is 0 Å². The summed E-state index contributed by atoms with van der Waals surface area (Å²) in [7, 11) is 0. The number of carbonyl (C=O) groups excluding carboxylic acids is 2. The van der Waals surface area contributed by atoms with Crippen molar-refractivity contribution in [1.29, 1.82) is 0 Å². The van der Waals surface area contributed by atoms with Gasteiger partial charge < -0.3 is 16.0 Å². The van der Waals surface area contributed by atoms with Crippen LogP contribution in [0.1, 0.15) is 63.4 Å². The number of pyridine rings is 1. The molecule has 5 aromatic rings. The molecule has 224 valence electrons. The van der Waals surface area contributed by atoms with Crippen LogP contribution in [0.2, 0.25) is 0 Å². The monoisotopic (exact) mass is 601 g/mol. The van der Waals surface area contributed by atoms with Crippen LogP contribution in [-0.2, 0) is 6.18 Å². The summed E-state index contributed by atoms with van der Waals surface area (Å²) in [5.41, 5.74) is 7.59. The number of alkyl halides is 3. The summed E-state index contributed by atoms with van der Waals surface area (Å²) in [5, 5.41) is 2.40. The lowest BCUT2D eigenvalue weighted by Gasteiger charge is -2.34. The third-order valence-corrected chi connectivity index (χ3v) is 7.42. The number of hydrogen-bond acceptors (Lipinski definition) is 8. The maximum Gasteiger partial charge on any atom is 0.416 e. The Morgan fingerprint density at radius 2 is 1.75 bits per heavy atom. The lowest BCUT2D eigenvalue weighted by molar-refractivity contribution is -0.137. The van der Waals surface area contributed by atoms with Gasteiger partial charge in [0.05, 0.1) is 11.6 Å². The first-order valence-electron chi connectivity index (χ1n) is 13.8. The Bertz CT molecular complexity index is 1870. The lowest BCUT2D eigenvalue weighted by atomic mass is 10.0. The van der Waals surface area contributed by atoms with Gasteiger partial charge in [-0.25, -0.2) is 24.9 Å². The van der Waals surface area contributed by atoms with E-state index in [1.807, 2.05) is 4.40 Å². The van der Waals surface area contributed by atoms with E-state index in [0.717, 1.165) is 31.2 Å². The zero-order chi connectivity index (χ0) is 31.0. The van der Waals surface area contributed by atoms with Gasteiger partial charge in [0, 0.05) is 42.5 Å². The van der Waals surface area contributed by atoms with E-state index in [9.17, 15) is 22.8 Å². The molecule has 1 aromatic carbocycles. The fraction of sp³-hybridized carbons (Fsp3) is 0.233. The SMILES string of the molecule is Cc1nccc(C(=O)N2CCCC[C@H]2c2nc(-c3ccc(C(=O)Nc4cc(C(F)(F)F)ccn4)cc3)c3c(N)nccn23)n1. The average Bonchev–Trinajstić information content (AvgIpc) is 3.41. The number of rotatable bonds is 5.